The van der Waals surface area contributed by atoms with Crippen molar-refractivity contribution in [1.82, 2.24) is 29.7 Å². The lowest BCUT2D eigenvalue weighted by Crippen LogP contribution is -2.28. The minimum Gasteiger partial charge on any atom is -0.365 e. The molecule has 24 heavy (non-hydrogen) atoms. The van der Waals surface area contributed by atoms with Crippen LogP contribution in [-0.2, 0) is 13.6 Å². The Morgan fingerprint density at radius 1 is 1.29 bits per heavy atom. The Bertz CT molecular complexity index is 932. The third-order valence-electron chi connectivity index (χ3n) is 4.19. The summed E-state index contributed by atoms with van der Waals surface area (Å²) in [6, 6.07) is 6.84. The molecule has 0 fully saturated rings. The molecular weight excluding hydrogens is 307 g/mol. The van der Waals surface area contributed by atoms with E-state index in [-0.39, 0.29) is 6.17 Å². The second kappa shape index (κ2) is 5.59. The van der Waals surface area contributed by atoms with E-state index >= 15 is 0 Å². The number of hydrogen-bond donors (Lipinski definition) is 1. The van der Waals surface area contributed by atoms with E-state index in [1.165, 1.54) is 6.07 Å². The first-order valence-electron chi connectivity index (χ1n) is 7.71. The lowest BCUT2D eigenvalue weighted by molar-refractivity contribution is 0.261. The number of hydrogen-bond acceptors (Lipinski definition) is 5. The molecule has 6 nitrogen and oxygen atoms in total. The smallest absolute Gasteiger partial charge is 0.213 e. The van der Waals surface area contributed by atoms with Crippen molar-refractivity contribution < 1.29 is 4.39 Å². The predicted molar refractivity (Wildman–Crippen MR) is 88.0 cm³/mol. The summed E-state index contributed by atoms with van der Waals surface area (Å²) >= 11 is 0. The Morgan fingerprint density at radius 2 is 2.17 bits per heavy atom. The largest absolute Gasteiger partial charge is 0.365 e. The number of aromatic nitrogens is 4. The molecule has 3 aromatic rings. The van der Waals surface area contributed by atoms with Crippen molar-refractivity contribution in [3.63, 3.8) is 0 Å². The SMILES string of the molecule is Cc1cc2c(cn1)nc(CN1C=CNC1c1cccc(F)n1)n2C. The van der Waals surface area contributed by atoms with Gasteiger partial charge in [-0.25, -0.2) is 9.97 Å². The van der Waals surface area contributed by atoms with Crippen molar-refractivity contribution in [1.29, 1.82) is 0 Å². The summed E-state index contributed by atoms with van der Waals surface area (Å²) in [4.78, 5) is 15.0. The maximum Gasteiger partial charge on any atom is 0.213 e. The molecule has 3 aromatic heterocycles. The lowest BCUT2D eigenvalue weighted by atomic mass is 10.2. The molecule has 1 aliphatic heterocycles. The molecule has 4 rings (SSSR count). The van der Waals surface area contributed by atoms with Crippen LogP contribution in [-0.4, -0.2) is 24.4 Å². The molecule has 1 unspecified atom stereocenters. The second-order valence-corrected chi connectivity index (χ2v) is 5.84. The zero-order valence-corrected chi connectivity index (χ0v) is 13.4. The molecule has 0 aromatic carbocycles. The quantitative estimate of drug-likeness (QED) is 0.750. The topological polar surface area (TPSA) is 58.9 Å². The summed E-state index contributed by atoms with van der Waals surface area (Å²) in [7, 11) is 1.99. The minimum absolute atomic E-state index is 0.208. The van der Waals surface area contributed by atoms with Crippen LogP contribution >= 0.6 is 0 Å². The van der Waals surface area contributed by atoms with E-state index in [0.717, 1.165) is 22.6 Å². The third-order valence-corrected chi connectivity index (χ3v) is 4.19. The van der Waals surface area contributed by atoms with Crippen LogP contribution in [0.25, 0.3) is 11.0 Å². The molecule has 0 saturated heterocycles. The number of rotatable bonds is 3. The molecule has 0 amide bonds. The molecule has 0 saturated carbocycles. The Balaban J connectivity index is 1.64. The van der Waals surface area contributed by atoms with Crippen molar-refractivity contribution in [3.05, 3.63) is 66.0 Å². The van der Waals surface area contributed by atoms with Gasteiger partial charge in [0.05, 0.1) is 24.0 Å². The van der Waals surface area contributed by atoms with Crippen LogP contribution in [0, 0.1) is 12.9 Å². The second-order valence-electron chi connectivity index (χ2n) is 5.84. The number of fused-ring (bicyclic) bond motifs is 1. The van der Waals surface area contributed by atoms with Gasteiger partial charge < -0.3 is 14.8 Å². The minimum atomic E-state index is -0.481. The van der Waals surface area contributed by atoms with Gasteiger partial charge in [-0.1, -0.05) is 6.07 Å². The molecule has 1 atom stereocenters. The van der Waals surface area contributed by atoms with Gasteiger partial charge in [-0.3, -0.25) is 4.98 Å². The van der Waals surface area contributed by atoms with Gasteiger partial charge in [0, 0.05) is 25.1 Å². The Kier molecular flexibility index (Phi) is 3.41. The van der Waals surface area contributed by atoms with Crippen molar-refractivity contribution >= 4 is 11.0 Å². The van der Waals surface area contributed by atoms with Gasteiger partial charge in [0.15, 0.2) is 0 Å². The van der Waals surface area contributed by atoms with E-state index in [4.69, 9.17) is 0 Å². The van der Waals surface area contributed by atoms with E-state index in [9.17, 15) is 4.39 Å². The Labute approximate surface area is 138 Å². The first-order valence-corrected chi connectivity index (χ1v) is 7.71. The first-order chi connectivity index (χ1) is 11.6. The van der Waals surface area contributed by atoms with Gasteiger partial charge in [-0.15, -0.1) is 0 Å². The summed E-state index contributed by atoms with van der Waals surface area (Å²) in [5.41, 5.74) is 3.52. The van der Waals surface area contributed by atoms with Crippen LogP contribution < -0.4 is 5.32 Å². The number of halogens is 1. The number of nitrogens with one attached hydrogen (secondary N) is 1. The molecule has 0 bridgehead atoms. The van der Waals surface area contributed by atoms with Crippen LogP contribution in [0.3, 0.4) is 0 Å². The monoisotopic (exact) mass is 324 g/mol. The highest BCUT2D eigenvalue weighted by molar-refractivity contribution is 5.75. The molecule has 4 heterocycles. The maximum absolute atomic E-state index is 13.4. The van der Waals surface area contributed by atoms with Crippen LogP contribution in [0.5, 0.6) is 0 Å². The number of nitrogens with zero attached hydrogens (tertiary/aromatic N) is 5. The van der Waals surface area contributed by atoms with Gasteiger partial charge in [0.25, 0.3) is 0 Å². The van der Waals surface area contributed by atoms with Gasteiger partial charge in [-0.2, -0.15) is 4.39 Å². The molecule has 122 valence electrons. The maximum atomic E-state index is 13.4. The number of pyridine rings is 2. The fourth-order valence-electron chi connectivity index (χ4n) is 2.94. The molecule has 1 aliphatic rings. The van der Waals surface area contributed by atoms with E-state index in [1.54, 1.807) is 12.3 Å². The summed E-state index contributed by atoms with van der Waals surface area (Å²) < 4.78 is 15.5. The van der Waals surface area contributed by atoms with E-state index in [1.807, 2.05) is 43.4 Å². The average Bonchev–Trinajstić information content (AvgIpc) is 3.14. The van der Waals surface area contributed by atoms with Crippen molar-refractivity contribution in [2.45, 2.75) is 19.6 Å². The molecule has 1 N–H and O–H groups in total. The third kappa shape index (κ3) is 2.47. The van der Waals surface area contributed by atoms with Crippen LogP contribution in [0.2, 0.25) is 0 Å². The van der Waals surface area contributed by atoms with Crippen LogP contribution in [0.4, 0.5) is 4.39 Å². The fourth-order valence-corrected chi connectivity index (χ4v) is 2.94. The van der Waals surface area contributed by atoms with Crippen LogP contribution in [0.15, 0.2) is 42.9 Å². The fraction of sp³-hybridized carbons (Fsp3) is 0.235. The van der Waals surface area contributed by atoms with Gasteiger partial charge in [-0.05, 0) is 25.1 Å². The molecule has 0 radical (unpaired) electrons. The Morgan fingerprint density at radius 3 is 3.00 bits per heavy atom. The first kappa shape index (κ1) is 14.6. The van der Waals surface area contributed by atoms with E-state index in [2.05, 4.69) is 24.8 Å². The van der Waals surface area contributed by atoms with Gasteiger partial charge in [0.1, 0.15) is 17.5 Å². The lowest BCUT2D eigenvalue weighted by Gasteiger charge is -2.24. The normalized spacial score (nSPS) is 16.8. The van der Waals surface area contributed by atoms with Gasteiger partial charge >= 0.3 is 0 Å². The highest BCUT2D eigenvalue weighted by atomic mass is 19.1. The standard InChI is InChI=1S/C17H17FN6/c1-11-8-14-13(9-20-11)22-16(23(14)2)10-24-7-6-19-17(24)12-4-3-5-15(18)21-12/h3-9,17,19H,10H2,1-2H3. The predicted octanol–water partition coefficient (Wildman–Crippen LogP) is 2.39. The summed E-state index contributed by atoms with van der Waals surface area (Å²) in [6.45, 7) is 2.54. The molecule has 7 heteroatoms. The van der Waals surface area contributed by atoms with Crippen molar-refractivity contribution in [2.75, 3.05) is 0 Å². The van der Waals surface area contributed by atoms with Gasteiger partial charge in [0.2, 0.25) is 5.95 Å². The zero-order chi connectivity index (χ0) is 16.7. The number of aryl methyl sites for hydroxylation is 2. The highest BCUT2D eigenvalue weighted by Gasteiger charge is 2.24. The van der Waals surface area contributed by atoms with Crippen molar-refractivity contribution in [3.8, 4) is 0 Å². The molecule has 0 aliphatic carbocycles. The molecular formula is C17H17FN6. The highest BCUT2D eigenvalue weighted by Crippen LogP contribution is 2.24. The van der Waals surface area contributed by atoms with E-state index in [0.29, 0.717) is 12.2 Å². The van der Waals surface area contributed by atoms with Crippen LogP contribution in [0.1, 0.15) is 23.4 Å². The van der Waals surface area contributed by atoms with Crippen molar-refractivity contribution in [2.24, 2.45) is 7.05 Å². The van der Waals surface area contributed by atoms with E-state index < -0.39 is 5.95 Å². The zero-order valence-electron chi connectivity index (χ0n) is 13.4. The average molecular weight is 324 g/mol. The Hall–Kier alpha value is -2.96. The summed E-state index contributed by atoms with van der Waals surface area (Å²) in [5.74, 6) is 0.428. The molecule has 0 spiro atoms. The summed E-state index contributed by atoms with van der Waals surface area (Å²) in [6.07, 6.45) is 5.35. The number of imidazole rings is 1. The summed E-state index contributed by atoms with van der Waals surface area (Å²) in [5, 5.41) is 3.20.